The molecule has 2 aliphatic rings. The highest BCUT2D eigenvalue weighted by Crippen LogP contribution is 2.44. The van der Waals surface area contributed by atoms with Crippen molar-refractivity contribution in [3.8, 4) is 11.5 Å². The van der Waals surface area contributed by atoms with E-state index in [1.807, 2.05) is 24.4 Å². The largest absolute Gasteiger partial charge is 0.493 e. The van der Waals surface area contributed by atoms with Crippen LogP contribution in [0.15, 0.2) is 30.5 Å². The first-order chi connectivity index (χ1) is 14.5. The molecule has 30 heavy (non-hydrogen) atoms. The van der Waals surface area contributed by atoms with E-state index in [4.69, 9.17) is 20.3 Å². The van der Waals surface area contributed by atoms with E-state index < -0.39 is 6.10 Å². The number of aliphatic hydroxyl groups excluding tert-OH is 2. The molecule has 1 saturated heterocycles. The summed E-state index contributed by atoms with van der Waals surface area (Å²) in [5.41, 5.74) is 11.4. The fourth-order valence-electron chi connectivity index (χ4n) is 4.65. The Morgan fingerprint density at radius 1 is 1.30 bits per heavy atom. The number of hydrogen-bond donors (Lipinski definition) is 3. The molecule has 4 atom stereocenters. The number of fused-ring (bicyclic) bond motifs is 3. The zero-order valence-corrected chi connectivity index (χ0v) is 17.6. The Balaban J connectivity index is 1.57. The van der Waals surface area contributed by atoms with Crippen molar-refractivity contribution in [1.82, 2.24) is 9.88 Å². The fourth-order valence-corrected chi connectivity index (χ4v) is 4.65. The van der Waals surface area contributed by atoms with Crippen molar-refractivity contribution in [2.75, 3.05) is 33.4 Å². The lowest BCUT2D eigenvalue weighted by Crippen LogP contribution is -2.50. The molecule has 1 aromatic carbocycles. The van der Waals surface area contributed by atoms with Crippen LogP contribution in [0.1, 0.15) is 40.8 Å². The van der Waals surface area contributed by atoms with Gasteiger partial charge in [-0.05, 0) is 60.7 Å². The second kappa shape index (κ2) is 8.89. The van der Waals surface area contributed by atoms with Gasteiger partial charge in [-0.15, -0.1) is 0 Å². The highest BCUT2D eigenvalue weighted by atomic mass is 16.5. The molecule has 3 heterocycles. The van der Waals surface area contributed by atoms with E-state index in [2.05, 4.69) is 22.9 Å². The van der Waals surface area contributed by atoms with Crippen LogP contribution in [0.4, 0.5) is 0 Å². The van der Waals surface area contributed by atoms with Crippen molar-refractivity contribution in [2.24, 2.45) is 5.73 Å². The molecule has 162 valence electrons. The first kappa shape index (κ1) is 21.1. The Hall–Kier alpha value is -2.19. The van der Waals surface area contributed by atoms with E-state index >= 15 is 0 Å². The molecule has 1 aromatic heterocycles. The SMILES string of the molecule is COc1cc2c(cc1OC[C@H](O)CO)CCN1C[C@@H](c3cc(C)ccn3)C(N)C[C@H]21. The monoisotopic (exact) mass is 413 g/mol. The number of benzene rings is 1. The molecule has 4 N–H and O–H groups in total. The Bertz CT molecular complexity index is 891. The second-order valence-corrected chi connectivity index (χ2v) is 8.37. The van der Waals surface area contributed by atoms with E-state index in [0.717, 1.165) is 31.6 Å². The molecule has 2 aliphatic heterocycles. The minimum atomic E-state index is -0.912. The second-order valence-electron chi connectivity index (χ2n) is 8.37. The lowest BCUT2D eigenvalue weighted by molar-refractivity contribution is 0.0525. The van der Waals surface area contributed by atoms with Crippen LogP contribution in [-0.2, 0) is 6.42 Å². The van der Waals surface area contributed by atoms with Crippen molar-refractivity contribution in [2.45, 2.75) is 43.9 Å². The maximum Gasteiger partial charge on any atom is 0.161 e. The molecule has 0 saturated carbocycles. The highest BCUT2D eigenvalue weighted by Gasteiger charge is 2.39. The van der Waals surface area contributed by atoms with Gasteiger partial charge in [0.25, 0.3) is 0 Å². The van der Waals surface area contributed by atoms with Gasteiger partial charge in [0, 0.05) is 43.0 Å². The summed E-state index contributed by atoms with van der Waals surface area (Å²) < 4.78 is 11.3. The summed E-state index contributed by atoms with van der Waals surface area (Å²) in [6.45, 7) is 3.63. The first-order valence-corrected chi connectivity index (χ1v) is 10.5. The van der Waals surface area contributed by atoms with Crippen molar-refractivity contribution in [1.29, 1.82) is 0 Å². The average molecular weight is 414 g/mol. The van der Waals surface area contributed by atoms with E-state index in [0.29, 0.717) is 11.5 Å². The molecule has 0 aliphatic carbocycles. The van der Waals surface area contributed by atoms with Crippen LogP contribution in [0.2, 0.25) is 0 Å². The van der Waals surface area contributed by atoms with Gasteiger partial charge < -0.3 is 25.4 Å². The van der Waals surface area contributed by atoms with Gasteiger partial charge in [-0.2, -0.15) is 0 Å². The predicted octanol–water partition coefficient (Wildman–Crippen LogP) is 1.54. The molecule has 4 rings (SSSR count). The normalized spacial score (nSPS) is 24.6. The molecule has 0 bridgehead atoms. The standard InChI is InChI=1S/C23H31N3O4/c1-14-3-5-25-20(7-14)18-11-26-6-4-15-8-23(30-13-16(28)12-27)22(29-2)9-17(15)21(26)10-19(18)24/h3,5,7-9,16,18-19,21,27-28H,4,6,10-13,24H2,1-2H3/t16-,18-,19?,21-/m1/s1. The zero-order chi connectivity index (χ0) is 21.3. The number of aliphatic hydroxyl groups is 2. The number of nitrogens with zero attached hydrogens (tertiary/aromatic N) is 2. The number of aromatic nitrogens is 1. The maximum absolute atomic E-state index is 9.60. The Morgan fingerprint density at radius 3 is 2.87 bits per heavy atom. The summed E-state index contributed by atoms with van der Waals surface area (Å²) in [4.78, 5) is 7.10. The van der Waals surface area contributed by atoms with Gasteiger partial charge in [0.2, 0.25) is 0 Å². The number of hydrogen-bond acceptors (Lipinski definition) is 7. The summed E-state index contributed by atoms with van der Waals surface area (Å²) in [5.74, 6) is 1.46. The third-order valence-electron chi connectivity index (χ3n) is 6.30. The van der Waals surface area contributed by atoms with Gasteiger partial charge in [-0.25, -0.2) is 0 Å². The van der Waals surface area contributed by atoms with E-state index in [1.54, 1.807) is 7.11 Å². The molecule has 1 unspecified atom stereocenters. The van der Waals surface area contributed by atoms with Crippen LogP contribution in [0, 0.1) is 6.92 Å². The molecular formula is C23H31N3O4. The molecule has 0 radical (unpaired) electrons. The third kappa shape index (κ3) is 4.16. The van der Waals surface area contributed by atoms with Gasteiger partial charge >= 0.3 is 0 Å². The van der Waals surface area contributed by atoms with Gasteiger partial charge in [0.05, 0.1) is 13.7 Å². The van der Waals surface area contributed by atoms with Crippen LogP contribution >= 0.6 is 0 Å². The quantitative estimate of drug-likeness (QED) is 0.660. The summed E-state index contributed by atoms with van der Waals surface area (Å²) in [7, 11) is 1.61. The smallest absolute Gasteiger partial charge is 0.161 e. The molecule has 7 heteroatoms. The fraction of sp³-hybridized carbons (Fsp3) is 0.522. The number of aryl methyl sites for hydroxylation is 1. The lowest BCUT2D eigenvalue weighted by atomic mass is 9.79. The molecular weight excluding hydrogens is 382 g/mol. The van der Waals surface area contributed by atoms with E-state index in [9.17, 15) is 5.11 Å². The van der Waals surface area contributed by atoms with Crippen molar-refractivity contribution >= 4 is 0 Å². The van der Waals surface area contributed by atoms with Crippen LogP contribution in [0.5, 0.6) is 11.5 Å². The minimum Gasteiger partial charge on any atom is -0.493 e. The van der Waals surface area contributed by atoms with Crippen LogP contribution in [0.3, 0.4) is 0 Å². The Labute approximate surface area is 177 Å². The van der Waals surface area contributed by atoms with E-state index in [-0.39, 0.29) is 31.2 Å². The van der Waals surface area contributed by atoms with E-state index in [1.165, 1.54) is 16.7 Å². The van der Waals surface area contributed by atoms with Crippen molar-refractivity contribution in [3.63, 3.8) is 0 Å². The Kier molecular flexibility index (Phi) is 6.24. The number of methoxy groups -OCH3 is 1. The number of pyridine rings is 1. The molecule has 1 fully saturated rings. The lowest BCUT2D eigenvalue weighted by Gasteiger charge is -2.46. The van der Waals surface area contributed by atoms with Crippen LogP contribution in [-0.4, -0.2) is 65.7 Å². The summed E-state index contributed by atoms with van der Waals surface area (Å²) in [5, 5.41) is 18.6. The highest BCUT2D eigenvalue weighted by molar-refractivity contribution is 5.50. The number of nitrogens with two attached hydrogens (primary N) is 1. The topological polar surface area (TPSA) is 101 Å². The molecule has 7 nitrogen and oxygen atoms in total. The maximum atomic E-state index is 9.60. The molecule has 0 amide bonds. The van der Waals surface area contributed by atoms with Crippen LogP contribution < -0.4 is 15.2 Å². The number of piperidine rings is 1. The summed E-state index contributed by atoms with van der Waals surface area (Å²) in [6, 6.07) is 8.50. The third-order valence-corrected chi connectivity index (χ3v) is 6.30. The van der Waals surface area contributed by atoms with Crippen molar-refractivity contribution in [3.05, 3.63) is 52.8 Å². The predicted molar refractivity (Wildman–Crippen MR) is 114 cm³/mol. The van der Waals surface area contributed by atoms with Gasteiger partial charge in [-0.3, -0.25) is 9.88 Å². The number of rotatable bonds is 6. The van der Waals surface area contributed by atoms with Gasteiger partial charge in [-0.1, -0.05) is 0 Å². The first-order valence-electron chi connectivity index (χ1n) is 10.5. The molecule has 2 aromatic rings. The minimum absolute atomic E-state index is 0.0250. The summed E-state index contributed by atoms with van der Waals surface area (Å²) in [6.07, 6.45) is 2.73. The van der Waals surface area contributed by atoms with Gasteiger partial charge in [0.15, 0.2) is 11.5 Å². The van der Waals surface area contributed by atoms with Crippen LogP contribution in [0.25, 0.3) is 0 Å². The summed E-state index contributed by atoms with van der Waals surface area (Å²) >= 11 is 0. The Morgan fingerprint density at radius 2 is 2.13 bits per heavy atom. The van der Waals surface area contributed by atoms with Crippen molar-refractivity contribution < 1.29 is 19.7 Å². The molecule has 0 spiro atoms. The zero-order valence-electron chi connectivity index (χ0n) is 17.6. The van der Waals surface area contributed by atoms with Gasteiger partial charge in [0.1, 0.15) is 12.7 Å². The average Bonchev–Trinajstić information content (AvgIpc) is 2.76. The number of ether oxygens (including phenoxy) is 2.